The van der Waals surface area contributed by atoms with Crippen molar-refractivity contribution in [3.8, 4) is 11.4 Å². The van der Waals surface area contributed by atoms with Crippen LogP contribution in [-0.4, -0.2) is 43.9 Å². The molecule has 1 aliphatic carbocycles. The van der Waals surface area contributed by atoms with Crippen LogP contribution in [0, 0.1) is 0 Å². The van der Waals surface area contributed by atoms with Crippen LogP contribution >= 0.6 is 0 Å². The highest BCUT2D eigenvalue weighted by atomic mass is 16.1. The Labute approximate surface area is 174 Å². The van der Waals surface area contributed by atoms with Crippen LogP contribution in [0.15, 0.2) is 66.7 Å². The van der Waals surface area contributed by atoms with Gasteiger partial charge in [-0.3, -0.25) is 14.8 Å². The number of aromatic nitrogens is 5. The number of hydrogen-bond acceptors (Lipinski definition) is 6. The third-order valence-corrected chi connectivity index (χ3v) is 4.67. The summed E-state index contributed by atoms with van der Waals surface area (Å²) in [5.41, 5.74) is 2.68. The molecule has 0 saturated heterocycles. The molecule has 1 saturated carbocycles. The zero-order valence-electron chi connectivity index (χ0n) is 16.6. The Kier molecular flexibility index (Phi) is 5.56. The normalized spacial score (nSPS) is 13.8. The van der Waals surface area contributed by atoms with Crippen LogP contribution in [0.4, 0.5) is 5.82 Å². The van der Waals surface area contributed by atoms with Gasteiger partial charge >= 0.3 is 0 Å². The maximum absolute atomic E-state index is 12.7. The fourth-order valence-electron chi connectivity index (χ4n) is 2.98. The summed E-state index contributed by atoms with van der Waals surface area (Å²) < 4.78 is 2.06. The van der Waals surface area contributed by atoms with Crippen LogP contribution in [0.5, 0.6) is 0 Å². The number of anilines is 1. The number of rotatable bonds is 7. The van der Waals surface area contributed by atoms with E-state index in [-0.39, 0.29) is 11.6 Å². The molecular formula is C22H21N7O. The molecule has 0 spiro atoms. The van der Waals surface area contributed by atoms with Crippen molar-refractivity contribution < 1.29 is 4.79 Å². The van der Waals surface area contributed by atoms with Crippen molar-refractivity contribution in [2.24, 2.45) is 4.99 Å². The Morgan fingerprint density at radius 1 is 1.27 bits per heavy atom. The number of carbonyl (C=O) groups is 1. The van der Waals surface area contributed by atoms with Gasteiger partial charge in [-0.15, -0.1) is 10.2 Å². The Morgan fingerprint density at radius 2 is 2.10 bits per heavy atom. The first-order valence-electron chi connectivity index (χ1n) is 9.57. The third kappa shape index (κ3) is 4.38. The molecule has 0 bridgehead atoms. The van der Waals surface area contributed by atoms with Gasteiger partial charge in [0.05, 0.1) is 0 Å². The molecule has 0 atom stereocenters. The highest BCUT2D eigenvalue weighted by Gasteiger charge is 2.26. The molecule has 3 aromatic heterocycles. The lowest BCUT2D eigenvalue weighted by Crippen LogP contribution is -2.15. The van der Waals surface area contributed by atoms with Gasteiger partial charge in [-0.05, 0) is 54.3 Å². The summed E-state index contributed by atoms with van der Waals surface area (Å²) in [6.45, 7) is 4.01. The second-order valence-electron chi connectivity index (χ2n) is 6.90. The van der Waals surface area contributed by atoms with Gasteiger partial charge in [0.25, 0.3) is 5.91 Å². The Balaban J connectivity index is 1.51. The predicted octanol–water partition coefficient (Wildman–Crippen LogP) is 3.59. The second kappa shape index (κ2) is 8.60. The first-order chi connectivity index (χ1) is 14.7. The van der Waals surface area contributed by atoms with Crippen LogP contribution in [0.2, 0.25) is 0 Å². The molecule has 30 heavy (non-hydrogen) atoms. The van der Waals surface area contributed by atoms with Gasteiger partial charge in [0.15, 0.2) is 5.82 Å². The fourth-order valence-corrected chi connectivity index (χ4v) is 2.98. The van der Waals surface area contributed by atoms with Crippen molar-refractivity contribution >= 4 is 23.5 Å². The number of hydrogen-bond donors (Lipinski definition) is 1. The number of pyridine rings is 2. The van der Waals surface area contributed by atoms with Crippen LogP contribution in [0.25, 0.3) is 17.0 Å². The van der Waals surface area contributed by atoms with Crippen LogP contribution in [0.3, 0.4) is 0 Å². The minimum absolute atomic E-state index is 0.277. The highest BCUT2D eigenvalue weighted by Crippen LogP contribution is 2.37. The second-order valence-corrected chi connectivity index (χ2v) is 6.90. The van der Waals surface area contributed by atoms with Gasteiger partial charge in [-0.1, -0.05) is 12.7 Å². The molecule has 8 heteroatoms. The molecule has 150 valence electrons. The first-order valence-corrected chi connectivity index (χ1v) is 9.57. The average Bonchev–Trinajstić information content (AvgIpc) is 3.50. The number of amides is 1. The van der Waals surface area contributed by atoms with Crippen molar-refractivity contribution in [1.82, 2.24) is 24.7 Å². The zero-order chi connectivity index (χ0) is 20.9. The maximum atomic E-state index is 12.7. The summed E-state index contributed by atoms with van der Waals surface area (Å²) >= 11 is 0. The lowest BCUT2D eigenvalue weighted by atomic mass is 10.1. The van der Waals surface area contributed by atoms with E-state index in [9.17, 15) is 4.79 Å². The van der Waals surface area contributed by atoms with Gasteiger partial charge in [0.2, 0.25) is 0 Å². The molecule has 1 fully saturated rings. The number of aliphatic imine (C=N–C) groups is 1. The van der Waals surface area contributed by atoms with E-state index >= 15 is 0 Å². The molecule has 0 aliphatic heterocycles. The summed E-state index contributed by atoms with van der Waals surface area (Å²) in [6, 6.07) is 7.59. The molecule has 0 aromatic carbocycles. The summed E-state index contributed by atoms with van der Waals surface area (Å²) in [5, 5.41) is 11.1. The summed E-state index contributed by atoms with van der Waals surface area (Å²) in [7, 11) is 1.70. The van der Waals surface area contributed by atoms with E-state index in [0.29, 0.717) is 11.9 Å². The average molecular weight is 399 g/mol. The first kappa shape index (κ1) is 19.4. The van der Waals surface area contributed by atoms with Gasteiger partial charge < -0.3 is 9.88 Å². The quantitative estimate of drug-likeness (QED) is 0.484. The highest BCUT2D eigenvalue weighted by molar-refractivity contribution is 6.03. The van der Waals surface area contributed by atoms with Crippen molar-refractivity contribution in [2.45, 2.75) is 18.9 Å². The van der Waals surface area contributed by atoms with Crippen LogP contribution in [-0.2, 0) is 0 Å². The molecule has 1 aliphatic rings. The molecule has 0 radical (unpaired) electrons. The minimum atomic E-state index is -0.350. The topological polar surface area (TPSA) is 98.0 Å². The van der Waals surface area contributed by atoms with Gasteiger partial charge in [-0.2, -0.15) is 0 Å². The maximum Gasteiger partial charge on any atom is 0.275 e. The SMILES string of the molecule is C=C(C=CC=NC)c1ccnc(C(=O)Nc2cc(-c3nncn3C3CC3)ccn2)c1. The Bertz CT molecular complexity index is 1140. The van der Waals surface area contributed by atoms with Crippen LogP contribution in [0.1, 0.15) is 34.9 Å². The molecule has 0 unspecified atom stereocenters. The number of allylic oxidation sites excluding steroid dienone is 3. The van der Waals surface area contributed by atoms with Gasteiger partial charge in [0.1, 0.15) is 17.8 Å². The molecule has 3 aromatic rings. The van der Waals surface area contributed by atoms with E-state index in [1.54, 1.807) is 56.3 Å². The number of carbonyl (C=O) groups excluding carboxylic acids is 1. The lowest BCUT2D eigenvalue weighted by molar-refractivity contribution is 0.102. The third-order valence-electron chi connectivity index (χ3n) is 4.67. The smallest absolute Gasteiger partial charge is 0.275 e. The summed E-state index contributed by atoms with van der Waals surface area (Å²) in [4.78, 5) is 25.0. The molecule has 4 rings (SSSR count). The van der Waals surface area contributed by atoms with E-state index in [1.165, 1.54) is 0 Å². The number of nitrogens with one attached hydrogen (secondary N) is 1. The molecule has 1 N–H and O–H groups in total. The Morgan fingerprint density at radius 3 is 2.90 bits per heavy atom. The van der Waals surface area contributed by atoms with E-state index in [0.717, 1.165) is 35.4 Å². The molecule has 3 heterocycles. The van der Waals surface area contributed by atoms with Crippen molar-refractivity contribution in [1.29, 1.82) is 0 Å². The predicted molar refractivity (Wildman–Crippen MR) is 116 cm³/mol. The van der Waals surface area contributed by atoms with Crippen molar-refractivity contribution in [2.75, 3.05) is 12.4 Å². The largest absolute Gasteiger partial charge is 0.310 e. The number of nitrogens with zero attached hydrogens (tertiary/aromatic N) is 6. The zero-order valence-corrected chi connectivity index (χ0v) is 16.6. The summed E-state index contributed by atoms with van der Waals surface area (Å²) in [6.07, 6.45) is 12.5. The van der Waals surface area contributed by atoms with Crippen LogP contribution < -0.4 is 5.32 Å². The molecule has 8 nitrogen and oxygen atoms in total. The van der Waals surface area contributed by atoms with E-state index < -0.39 is 0 Å². The van der Waals surface area contributed by atoms with E-state index in [2.05, 4.69) is 41.6 Å². The monoisotopic (exact) mass is 399 g/mol. The van der Waals surface area contributed by atoms with Gasteiger partial charge in [-0.25, -0.2) is 4.98 Å². The lowest BCUT2D eigenvalue weighted by Gasteiger charge is -2.08. The van der Waals surface area contributed by atoms with Crippen molar-refractivity contribution in [3.63, 3.8) is 0 Å². The minimum Gasteiger partial charge on any atom is -0.310 e. The summed E-state index contributed by atoms with van der Waals surface area (Å²) in [5.74, 6) is 0.846. The van der Waals surface area contributed by atoms with Crippen molar-refractivity contribution in [3.05, 3.63) is 73.0 Å². The van der Waals surface area contributed by atoms with Gasteiger partial charge in [0, 0.05) is 37.3 Å². The van der Waals surface area contributed by atoms with E-state index in [4.69, 9.17) is 0 Å². The Hall–Kier alpha value is -3.94. The molecule has 1 amide bonds. The van der Waals surface area contributed by atoms with E-state index in [1.807, 2.05) is 12.1 Å². The fraction of sp³-hybridized carbons (Fsp3) is 0.182. The molecular weight excluding hydrogens is 378 g/mol. The standard InChI is InChI=1S/C22H21N7O/c1-15(4-3-9-23-2)16-7-10-24-19(12-16)22(30)27-20-13-17(8-11-25-20)21-28-26-14-29(21)18-5-6-18/h3-4,7-14,18H,1,5-6H2,2H3,(H,25,27,30).